The van der Waals surface area contributed by atoms with Gasteiger partial charge < -0.3 is 44.4 Å². The first-order chi connectivity index (χ1) is 45.0. The number of morpholine rings is 2. The standard InChI is InChI=1S/C31H26FN5O3.C17H18FN3O3.C14H9ClN2.C6H18NSi2.C2H6OS.Na/c32-27-19-22(34-31-26-9-5-4-8-25(26)30(35-36-31)21-6-2-1-3-7-21)10-11-28(27)40-24-12-13-33-23(18-24)20-29(38)37-14-16-39-17-15-37;18-15-9-12(19)1-2-16(15)24-14-3-4-20-13(10-14)11-17(22)21-5-7-23-8-6-21;15-14-12-9-5-4-8-11(12)13(16-17-14)10-6-2-1-3-7-10;1-8(2,3)7-9(4,5)6;1-4(2)3;/h1-13,18-19H,14-17,20H2,(H,34,36);1-4,9-10H,5-8,11,19H2;1-9H;1-6H3;1-2H3;/q;;;-1;;+1. The second-order valence-electron chi connectivity index (χ2n) is 23.7. The minimum absolute atomic E-state index is 0. The Morgan fingerprint density at radius 2 is 0.979 bits per heavy atom. The van der Waals surface area contributed by atoms with Crippen molar-refractivity contribution in [2.75, 3.05) is 76.2 Å². The minimum Gasteiger partial charge on any atom is -0.668 e. The van der Waals surface area contributed by atoms with Crippen LogP contribution >= 0.6 is 11.6 Å². The summed E-state index contributed by atoms with van der Waals surface area (Å²) < 4.78 is 65.1. The molecule has 0 saturated carbocycles. The number of halogens is 3. The van der Waals surface area contributed by atoms with Crippen LogP contribution in [0.4, 0.5) is 26.0 Å². The van der Waals surface area contributed by atoms with Gasteiger partial charge in [0.05, 0.1) is 50.7 Å². The maximum atomic E-state index is 15.1. The monoisotopic (exact) mass is 1370 g/mol. The topological polar surface area (TPSA) is 224 Å². The van der Waals surface area contributed by atoms with E-state index in [-0.39, 0.29) is 65.7 Å². The number of nitrogens with two attached hydrogens (primary N) is 1. The molecule has 0 bridgehead atoms. The number of rotatable bonds is 14. The molecule has 2 fully saturated rings. The molecule has 490 valence electrons. The van der Waals surface area contributed by atoms with E-state index in [9.17, 15) is 18.2 Å². The van der Waals surface area contributed by atoms with Crippen molar-refractivity contribution in [1.82, 2.24) is 40.2 Å². The first kappa shape index (κ1) is 74.4. The van der Waals surface area contributed by atoms with Gasteiger partial charge in [0.25, 0.3) is 0 Å². The van der Waals surface area contributed by atoms with Crippen LogP contribution in [0.2, 0.25) is 44.4 Å². The zero-order valence-electron chi connectivity index (χ0n) is 54.9. The van der Waals surface area contributed by atoms with Gasteiger partial charge in [-0.25, -0.2) is 8.78 Å². The van der Waals surface area contributed by atoms with Gasteiger partial charge in [0.15, 0.2) is 34.1 Å². The Kier molecular flexibility index (Phi) is 28.4. The Balaban J connectivity index is 0.000000196. The van der Waals surface area contributed by atoms with Crippen LogP contribution in [0, 0.1) is 11.6 Å². The van der Waals surface area contributed by atoms with E-state index in [0.29, 0.717) is 97.8 Å². The molecule has 2 aliphatic heterocycles. The summed E-state index contributed by atoms with van der Waals surface area (Å²) in [5.74, 6) is 0.323. The first-order valence-corrected chi connectivity index (χ1v) is 39.6. The molecule has 3 N–H and O–H groups in total. The third kappa shape index (κ3) is 23.7. The number of ether oxygens (including phenoxy) is 4. The Hall–Kier alpha value is -7.95. The zero-order chi connectivity index (χ0) is 67.2. The summed E-state index contributed by atoms with van der Waals surface area (Å²) >= 11 is 6.04. The zero-order valence-corrected chi connectivity index (χ0v) is 60.5. The molecule has 0 unspecified atom stereocenters. The molecule has 6 aromatic carbocycles. The fourth-order valence-corrected chi connectivity index (χ4v) is 18.2. The number of aromatic nitrogens is 6. The van der Waals surface area contributed by atoms with Crippen LogP contribution in [0.5, 0.6) is 23.0 Å². The summed E-state index contributed by atoms with van der Waals surface area (Å²) in [6.07, 6.45) is 6.67. The van der Waals surface area contributed by atoms with E-state index in [1.807, 2.05) is 109 Å². The summed E-state index contributed by atoms with van der Waals surface area (Å²) in [6, 6.07) is 50.9. The third-order valence-corrected chi connectivity index (χ3v) is 19.3. The number of nitrogen functional groups attached to an aromatic ring is 1. The van der Waals surface area contributed by atoms with E-state index >= 15 is 4.39 Å². The quantitative estimate of drug-likeness (QED) is 0.0763. The second-order valence-corrected chi connectivity index (χ2v) is 35.1. The van der Waals surface area contributed by atoms with Gasteiger partial charge in [-0.05, 0) is 36.4 Å². The second kappa shape index (κ2) is 36.2. The van der Waals surface area contributed by atoms with Crippen LogP contribution in [0.1, 0.15) is 11.4 Å². The van der Waals surface area contributed by atoms with Crippen molar-refractivity contribution in [3.05, 3.63) is 215 Å². The molecule has 6 heterocycles. The SMILES string of the molecule is CS(C)=O.C[Si](C)(C)[N-][Si](C)(C)C.Clc1nnc(-c2ccccc2)c2ccccc12.Nc1ccc(Oc2ccnc(CC(=O)N3CCOCC3)c2)c(F)c1.O=C(Cc1cc(Oc2ccc(Nc3nnc(-c4ccccc4)c4ccccc34)cc2F)ccn1)N1CCOCC1.[Na+]. The number of anilines is 3. The number of nitrogens with zero attached hydrogens (tertiary/aromatic N) is 9. The first-order valence-electron chi connectivity index (χ1n) is 30.4. The molecule has 2 amide bonds. The summed E-state index contributed by atoms with van der Waals surface area (Å²) in [4.78, 5) is 36.8. The Labute approximate surface area is 585 Å². The molecule has 18 nitrogen and oxygen atoms in total. The van der Waals surface area contributed by atoms with Crippen molar-refractivity contribution in [2.45, 2.75) is 52.1 Å². The van der Waals surface area contributed by atoms with Gasteiger partial charge in [0.2, 0.25) is 11.8 Å². The number of pyridine rings is 2. The molecular formula is C70H77ClF2N11NaO7SSi2. The normalized spacial score (nSPS) is 12.8. The van der Waals surface area contributed by atoms with E-state index in [1.165, 1.54) is 24.4 Å². The number of carbonyl (C=O) groups is 2. The summed E-state index contributed by atoms with van der Waals surface area (Å²) in [5.41, 5.74) is 11.1. The number of benzene rings is 6. The van der Waals surface area contributed by atoms with Crippen LogP contribution in [-0.2, 0) is 42.7 Å². The average Bonchev–Trinajstić information content (AvgIpc) is 0.799. The Morgan fingerprint density at radius 1 is 0.568 bits per heavy atom. The van der Waals surface area contributed by atoms with Crippen molar-refractivity contribution in [3.63, 3.8) is 0 Å². The molecule has 0 atom stereocenters. The molecule has 4 aromatic heterocycles. The van der Waals surface area contributed by atoms with Gasteiger partial charge >= 0.3 is 29.6 Å². The van der Waals surface area contributed by atoms with Crippen molar-refractivity contribution in [2.24, 2.45) is 0 Å². The number of amides is 2. The van der Waals surface area contributed by atoms with Crippen molar-refractivity contribution in [1.29, 1.82) is 0 Å². The molecule has 12 rings (SSSR count). The summed E-state index contributed by atoms with van der Waals surface area (Å²) in [7, 11) is -2.82. The van der Waals surface area contributed by atoms with Crippen molar-refractivity contribution < 1.29 is 71.1 Å². The molecule has 95 heavy (non-hydrogen) atoms. The number of nitrogens with one attached hydrogen (secondary N) is 1. The van der Waals surface area contributed by atoms with E-state index in [2.05, 4.69) is 75.0 Å². The van der Waals surface area contributed by atoms with Gasteiger partial charge in [-0.15, -0.1) is 20.4 Å². The molecular weight excluding hydrogens is 1290 g/mol. The maximum Gasteiger partial charge on any atom is 1.00 e. The predicted octanol–water partition coefficient (Wildman–Crippen LogP) is 11.7. The smallest absolute Gasteiger partial charge is 0.668 e. The Morgan fingerprint density at radius 3 is 1.42 bits per heavy atom. The van der Waals surface area contributed by atoms with E-state index in [0.717, 1.165) is 44.1 Å². The number of hydrogen-bond acceptors (Lipinski definition) is 15. The van der Waals surface area contributed by atoms with E-state index < -0.39 is 38.9 Å². The molecule has 25 heteroatoms. The summed E-state index contributed by atoms with van der Waals surface area (Å²) in [5, 5.41) is 24.5. The molecule has 0 radical (unpaired) electrons. The van der Waals surface area contributed by atoms with Crippen LogP contribution in [0.15, 0.2) is 182 Å². The van der Waals surface area contributed by atoms with Crippen LogP contribution in [0.3, 0.4) is 0 Å². The molecule has 10 aromatic rings. The number of fused-ring (bicyclic) bond motifs is 2. The van der Waals surface area contributed by atoms with Crippen LogP contribution in [-0.4, -0.2) is 138 Å². The van der Waals surface area contributed by atoms with Crippen LogP contribution in [0.25, 0.3) is 48.7 Å². The van der Waals surface area contributed by atoms with Crippen molar-refractivity contribution in [3.8, 4) is 45.5 Å². The summed E-state index contributed by atoms with van der Waals surface area (Å²) in [6.45, 7) is 18.3. The van der Waals surface area contributed by atoms with Crippen molar-refractivity contribution >= 4 is 89.4 Å². The van der Waals surface area contributed by atoms with Gasteiger partial charge in [-0.3, -0.25) is 23.8 Å². The fraction of sp³-hybridized carbons (Fsp3) is 0.257. The number of hydrogen-bond donors (Lipinski definition) is 2. The van der Waals surface area contributed by atoms with Gasteiger partial charge in [0, 0.05) is 130 Å². The molecule has 0 aliphatic carbocycles. The molecule has 2 saturated heterocycles. The molecule has 0 spiro atoms. The Bertz CT molecular complexity index is 4160. The third-order valence-electron chi connectivity index (χ3n) is 13.7. The van der Waals surface area contributed by atoms with Gasteiger partial charge in [-0.2, -0.15) is 0 Å². The predicted molar refractivity (Wildman–Crippen MR) is 376 cm³/mol. The largest absolute Gasteiger partial charge is 1.00 e. The number of carbonyl (C=O) groups excluding carboxylic acids is 2. The molecule has 2 aliphatic rings. The van der Waals surface area contributed by atoms with Gasteiger partial charge in [0.1, 0.15) is 22.9 Å². The van der Waals surface area contributed by atoms with E-state index in [1.54, 1.807) is 71.0 Å². The van der Waals surface area contributed by atoms with Gasteiger partial charge in [-0.1, -0.05) is 177 Å². The average molecular weight is 1370 g/mol. The van der Waals surface area contributed by atoms with E-state index in [4.69, 9.17) is 40.9 Å². The van der Waals surface area contributed by atoms with Crippen LogP contribution < -0.4 is 50.1 Å². The minimum atomic E-state index is -1.11. The fourth-order valence-electron chi connectivity index (χ4n) is 9.94. The maximum absolute atomic E-state index is 15.1.